The molecule has 19 heavy (non-hydrogen) atoms. The molecule has 0 radical (unpaired) electrons. The highest BCUT2D eigenvalue weighted by molar-refractivity contribution is 7.98. The SMILES string of the molecule is Cc1ccc(F)cc1CSc1nnc(C)n1CCN. The van der Waals surface area contributed by atoms with E-state index in [0.717, 1.165) is 22.1 Å². The Bertz CT molecular complexity index is 568. The van der Waals surface area contributed by atoms with Gasteiger partial charge in [0.1, 0.15) is 11.6 Å². The number of rotatable bonds is 5. The van der Waals surface area contributed by atoms with Gasteiger partial charge in [-0.05, 0) is 37.1 Å². The van der Waals surface area contributed by atoms with Gasteiger partial charge in [0, 0.05) is 18.8 Å². The third kappa shape index (κ3) is 3.33. The van der Waals surface area contributed by atoms with Crippen molar-refractivity contribution in [3.63, 3.8) is 0 Å². The molecule has 2 aromatic rings. The fourth-order valence-electron chi connectivity index (χ4n) is 1.79. The molecule has 0 saturated carbocycles. The van der Waals surface area contributed by atoms with Crippen molar-refractivity contribution in [2.45, 2.75) is 31.3 Å². The lowest BCUT2D eigenvalue weighted by Gasteiger charge is -2.08. The first-order valence-corrected chi connectivity index (χ1v) is 7.08. The molecule has 102 valence electrons. The summed E-state index contributed by atoms with van der Waals surface area (Å²) in [4.78, 5) is 0. The van der Waals surface area contributed by atoms with E-state index in [1.807, 2.05) is 18.4 Å². The molecule has 0 aliphatic carbocycles. The van der Waals surface area contributed by atoms with E-state index in [1.165, 1.54) is 6.07 Å². The zero-order valence-corrected chi connectivity index (χ0v) is 11.9. The molecular weight excluding hydrogens is 263 g/mol. The van der Waals surface area contributed by atoms with Crippen molar-refractivity contribution in [3.05, 3.63) is 41.0 Å². The van der Waals surface area contributed by atoms with Gasteiger partial charge in [-0.2, -0.15) is 0 Å². The van der Waals surface area contributed by atoms with Crippen LogP contribution in [0.1, 0.15) is 17.0 Å². The number of aryl methyl sites for hydroxylation is 2. The van der Waals surface area contributed by atoms with Gasteiger partial charge >= 0.3 is 0 Å². The highest BCUT2D eigenvalue weighted by Gasteiger charge is 2.10. The summed E-state index contributed by atoms with van der Waals surface area (Å²) < 4.78 is 15.2. The molecule has 1 aromatic heterocycles. The Balaban J connectivity index is 2.12. The molecule has 1 aromatic carbocycles. The molecule has 1 heterocycles. The summed E-state index contributed by atoms with van der Waals surface area (Å²) in [6, 6.07) is 4.84. The maximum Gasteiger partial charge on any atom is 0.191 e. The molecule has 0 atom stereocenters. The van der Waals surface area contributed by atoms with E-state index in [1.54, 1.807) is 23.9 Å². The fourth-order valence-corrected chi connectivity index (χ4v) is 2.87. The fraction of sp³-hybridized carbons (Fsp3) is 0.385. The maximum atomic E-state index is 13.2. The predicted molar refractivity (Wildman–Crippen MR) is 74.5 cm³/mol. The minimum absolute atomic E-state index is 0.208. The van der Waals surface area contributed by atoms with Gasteiger partial charge in [-0.3, -0.25) is 0 Å². The highest BCUT2D eigenvalue weighted by Crippen LogP contribution is 2.23. The second kappa shape index (κ2) is 6.16. The second-order valence-electron chi connectivity index (χ2n) is 4.33. The standard InChI is InChI=1S/C13H17FN4S/c1-9-3-4-12(14)7-11(9)8-19-13-17-16-10(2)18(13)6-5-15/h3-4,7H,5-6,8,15H2,1-2H3. The molecule has 0 unspecified atom stereocenters. The van der Waals surface area contributed by atoms with E-state index in [-0.39, 0.29) is 5.82 Å². The van der Waals surface area contributed by atoms with Crippen molar-refractivity contribution in [2.75, 3.05) is 6.54 Å². The third-order valence-electron chi connectivity index (χ3n) is 2.92. The molecule has 0 aliphatic rings. The van der Waals surface area contributed by atoms with E-state index in [0.29, 0.717) is 18.8 Å². The number of nitrogens with zero attached hydrogens (tertiary/aromatic N) is 3. The van der Waals surface area contributed by atoms with Crippen molar-refractivity contribution in [1.82, 2.24) is 14.8 Å². The average molecular weight is 280 g/mol. The highest BCUT2D eigenvalue weighted by atomic mass is 32.2. The van der Waals surface area contributed by atoms with Crippen LogP contribution in [0.3, 0.4) is 0 Å². The molecule has 2 N–H and O–H groups in total. The monoisotopic (exact) mass is 280 g/mol. The van der Waals surface area contributed by atoms with E-state index in [2.05, 4.69) is 10.2 Å². The van der Waals surface area contributed by atoms with Crippen molar-refractivity contribution in [2.24, 2.45) is 5.73 Å². The maximum absolute atomic E-state index is 13.2. The van der Waals surface area contributed by atoms with Crippen LogP contribution in [0.15, 0.2) is 23.4 Å². The third-order valence-corrected chi connectivity index (χ3v) is 3.94. The first kappa shape index (κ1) is 14.0. The Hall–Kier alpha value is -1.40. The number of nitrogens with two attached hydrogens (primary N) is 1. The summed E-state index contributed by atoms with van der Waals surface area (Å²) in [6.45, 7) is 5.13. The number of benzene rings is 1. The van der Waals surface area contributed by atoms with Gasteiger partial charge in [0.05, 0.1) is 0 Å². The zero-order chi connectivity index (χ0) is 13.8. The lowest BCUT2D eigenvalue weighted by Crippen LogP contribution is -2.12. The molecule has 0 fully saturated rings. The number of hydrogen-bond donors (Lipinski definition) is 1. The molecule has 0 amide bonds. The van der Waals surface area contributed by atoms with Crippen molar-refractivity contribution in [1.29, 1.82) is 0 Å². The Kier molecular flexibility index (Phi) is 4.55. The van der Waals surface area contributed by atoms with Gasteiger partial charge in [0.15, 0.2) is 5.16 Å². The molecule has 0 saturated heterocycles. The van der Waals surface area contributed by atoms with Gasteiger partial charge in [-0.1, -0.05) is 17.8 Å². The van der Waals surface area contributed by atoms with Crippen LogP contribution >= 0.6 is 11.8 Å². The van der Waals surface area contributed by atoms with Crippen LogP contribution in [0.5, 0.6) is 0 Å². The van der Waals surface area contributed by atoms with Gasteiger partial charge in [0.2, 0.25) is 0 Å². The van der Waals surface area contributed by atoms with E-state index < -0.39 is 0 Å². The zero-order valence-electron chi connectivity index (χ0n) is 11.1. The normalized spacial score (nSPS) is 10.9. The lowest BCUT2D eigenvalue weighted by atomic mass is 10.1. The van der Waals surface area contributed by atoms with Gasteiger partial charge < -0.3 is 10.3 Å². The van der Waals surface area contributed by atoms with Crippen LogP contribution in [0.4, 0.5) is 4.39 Å². The largest absolute Gasteiger partial charge is 0.329 e. The lowest BCUT2D eigenvalue weighted by molar-refractivity contribution is 0.624. The molecule has 0 spiro atoms. The van der Waals surface area contributed by atoms with Crippen LogP contribution in [0.2, 0.25) is 0 Å². The topological polar surface area (TPSA) is 56.7 Å². The van der Waals surface area contributed by atoms with Crippen LogP contribution in [0.25, 0.3) is 0 Å². The van der Waals surface area contributed by atoms with E-state index in [4.69, 9.17) is 5.73 Å². The molecule has 0 aliphatic heterocycles. The first-order valence-electron chi connectivity index (χ1n) is 6.09. The van der Waals surface area contributed by atoms with E-state index >= 15 is 0 Å². The van der Waals surface area contributed by atoms with Crippen molar-refractivity contribution < 1.29 is 4.39 Å². The molecular formula is C13H17FN4S. The summed E-state index contributed by atoms with van der Waals surface area (Å²) in [5, 5.41) is 9.00. The van der Waals surface area contributed by atoms with Crippen LogP contribution in [-0.4, -0.2) is 21.3 Å². The van der Waals surface area contributed by atoms with E-state index in [9.17, 15) is 4.39 Å². The summed E-state index contributed by atoms with van der Waals surface area (Å²) in [5.41, 5.74) is 7.63. The summed E-state index contributed by atoms with van der Waals surface area (Å²) >= 11 is 1.55. The van der Waals surface area contributed by atoms with Gasteiger partial charge in [-0.15, -0.1) is 10.2 Å². The molecule has 0 bridgehead atoms. The summed E-state index contributed by atoms with van der Waals surface area (Å²) in [7, 11) is 0. The van der Waals surface area contributed by atoms with Gasteiger partial charge in [0.25, 0.3) is 0 Å². The van der Waals surface area contributed by atoms with Crippen LogP contribution in [0, 0.1) is 19.7 Å². The number of aromatic nitrogens is 3. The number of halogens is 1. The van der Waals surface area contributed by atoms with Crippen LogP contribution < -0.4 is 5.73 Å². The van der Waals surface area contributed by atoms with Gasteiger partial charge in [-0.25, -0.2) is 4.39 Å². The van der Waals surface area contributed by atoms with Crippen molar-refractivity contribution >= 4 is 11.8 Å². The summed E-state index contributed by atoms with van der Waals surface area (Å²) in [5.74, 6) is 1.32. The second-order valence-corrected chi connectivity index (χ2v) is 5.27. The Morgan fingerprint density at radius 3 is 2.84 bits per heavy atom. The predicted octanol–water partition coefficient (Wildman–Crippen LogP) is 2.29. The Morgan fingerprint density at radius 1 is 1.32 bits per heavy atom. The summed E-state index contributed by atoms with van der Waals surface area (Å²) in [6.07, 6.45) is 0. The average Bonchev–Trinajstić information content (AvgIpc) is 2.73. The molecule has 6 heteroatoms. The Morgan fingerprint density at radius 2 is 2.11 bits per heavy atom. The smallest absolute Gasteiger partial charge is 0.191 e. The first-order chi connectivity index (χ1) is 9.11. The van der Waals surface area contributed by atoms with Crippen molar-refractivity contribution in [3.8, 4) is 0 Å². The molecule has 4 nitrogen and oxygen atoms in total. The molecule has 2 rings (SSSR count). The minimum Gasteiger partial charge on any atom is -0.329 e. The minimum atomic E-state index is -0.208. The number of hydrogen-bond acceptors (Lipinski definition) is 4. The Labute approximate surface area is 116 Å². The van der Waals surface area contributed by atoms with Crippen LogP contribution in [-0.2, 0) is 12.3 Å². The number of thioether (sulfide) groups is 1. The quantitative estimate of drug-likeness (QED) is 0.854.